The first-order valence-corrected chi connectivity index (χ1v) is 11.4. The minimum absolute atomic E-state index is 0.0505. The molecule has 0 aliphatic carbocycles. The van der Waals surface area contributed by atoms with Crippen molar-refractivity contribution in [3.63, 3.8) is 0 Å². The van der Waals surface area contributed by atoms with Crippen molar-refractivity contribution in [2.45, 2.75) is 30.9 Å². The van der Waals surface area contributed by atoms with E-state index in [4.69, 9.17) is 14.2 Å². The van der Waals surface area contributed by atoms with Crippen LogP contribution in [0.15, 0.2) is 60.9 Å². The number of H-pyrrole nitrogens is 1. The number of hydrogen-bond acceptors (Lipinski definition) is 7. The molecule has 2 aliphatic rings. The van der Waals surface area contributed by atoms with Crippen LogP contribution in [0.3, 0.4) is 0 Å². The van der Waals surface area contributed by atoms with Crippen LogP contribution in [0, 0.1) is 0 Å². The van der Waals surface area contributed by atoms with E-state index in [-0.39, 0.29) is 24.1 Å². The predicted octanol–water partition coefficient (Wildman–Crippen LogP) is 4.55. The van der Waals surface area contributed by atoms with Crippen LogP contribution in [0.5, 0.6) is 5.88 Å². The molecule has 0 amide bonds. The van der Waals surface area contributed by atoms with Gasteiger partial charge in [0.15, 0.2) is 17.8 Å². The van der Waals surface area contributed by atoms with Gasteiger partial charge in [-0.15, -0.1) is 0 Å². The Hall–Kier alpha value is -3.83. The fraction of sp³-hybridized carbons (Fsp3) is 0.280. The van der Waals surface area contributed by atoms with Gasteiger partial charge in [0, 0.05) is 41.8 Å². The smallest absolute Gasteiger partial charge is 0.416 e. The van der Waals surface area contributed by atoms with Crippen LogP contribution < -0.4 is 4.74 Å². The van der Waals surface area contributed by atoms with Gasteiger partial charge in [-0.25, -0.2) is 9.97 Å². The number of pyridine rings is 2. The molecule has 2 saturated heterocycles. The third kappa shape index (κ3) is 4.42. The van der Waals surface area contributed by atoms with Crippen LogP contribution in [-0.2, 0) is 15.7 Å². The zero-order valence-electron chi connectivity index (χ0n) is 18.8. The lowest BCUT2D eigenvalue weighted by molar-refractivity contribution is -0.137. The van der Waals surface area contributed by atoms with Gasteiger partial charge in [0.1, 0.15) is 6.10 Å². The molecule has 3 unspecified atom stereocenters. The molecule has 1 N–H and O–H groups in total. The summed E-state index contributed by atoms with van der Waals surface area (Å²) in [4.78, 5) is 13.2. The number of ether oxygens (including phenoxy) is 3. The highest BCUT2D eigenvalue weighted by molar-refractivity contribution is 5.64. The van der Waals surface area contributed by atoms with Crippen LogP contribution in [-0.4, -0.2) is 56.7 Å². The summed E-state index contributed by atoms with van der Waals surface area (Å²) >= 11 is 0. The number of halogens is 3. The normalized spacial score (nSPS) is 21.5. The quantitative estimate of drug-likeness (QED) is 0.434. The Labute approximate surface area is 203 Å². The third-order valence-corrected chi connectivity index (χ3v) is 6.19. The lowest BCUT2D eigenvalue weighted by Gasteiger charge is -2.17. The number of aromatic amines is 1. The molecule has 2 aliphatic heterocycles. The van der Waals surface area contributed by atoms with E-state index in [2.05, 4.69) is 25.1 Å². The van der Waals surface area contributed by atoms with Crippen molar-refractivity contribution >= 4 is 0 Å². The molecule has 5 heterocycles. The highest BCUT2D eigenvalue weighted by Crippen LogP contribution is 2.32. The van der Waals surface area contributed by atoms with E-state index in [9.17, 15) is 13.2 Å². The lowest BCUT2D eigenvalue weighted by atomic mass is 10.1. The maximum Gasteiger partial charge on any atom is 0.416 e. The Morgan fingerprint density at radius 2 is 1.81 bits per heavy atom. The van der Waals surface area contributed by atoms with Crippen LogP contribution >= 0.6 is 0 Å². The van der Waals surface area contributed by atoms with Crippen LogP contribution in [0.25, 0.3) is 34.0 Å². The number of alkyl halides is 3. The highest BCUT2D eigenvalue weighted by Gasteiger charge is 2.43. The fourth-order valence-electron chi connectivity index (χ4n) is 4.35. The molecule has 184 valence electrons. The lowest BCUT2D eigenvalue weighted by Crippen LogP contribution is -2.32. The summed E-state index contributed by atoms with van der Waals surface area (Å²) in [6.45, 7) is 1.17. The molecule has 3 aromatic heterocycles. The van der Waals surface area contributed by atoms with Crippen molar-refractivity contribution in [1.82, 2.24) is 25.1 Å². The summed E-state index contributed by atoms with van der Waals surface area (Å²) in [5, 5.41) is 6.83. The highest BCUT2D eigenvalue weighted by atomic mass is 19.4. The zero-order chi connectivity index (χ0) is 24.7. The van der Waals surface area contributed by atoms with Gasteiger partial charge in [0.25, 0.3) is 0 Å². The summed E-state index contributed by atoms with van der Waals surface area (Å²) in [5.41, 5.74) is 1.65. The second-order valence-electron chi connectivity index (χ2n) is 8.56. The zero-order valence-corrected chi connectivity index (χ0v) is 18.8. The predicted molar refractivity (Wildman–Crippen MR) is 122 cm³/mol. The van der Waals surface area contributed by atoms with Gasteiger partial charge in [0.05, 0.1) is 24.0 Å². The third-order valence-electron chi connectivity index (χ3n) is 6.19. The molecule has 2 fully saturated rings. The number of benzene rings is 1. The number of fused-ring (bicyclic) bond motifs is 1. The molecule has 11 heteroatoms. The second-order valence-corrected chi connectivity index (χ2v) is 8.56. The maximum atomic E-state index is 13.0. The van der Waals surface area contributed by atoms with E-state index < -0.39 is 11.7 Å². The molecule has 36 heavy (non-hydrogen) atoms. The summed E-state index contributed by atoms with van der Waals surface area (Å²) < 4.78 is 56.4. The average Bonchev–Trinajstić information content (AvgIpc) is 3.64. The maximum absolute atomic E-state index is 13.0. The SMILES string of the molecule is FC(F)(F)c1cccc(-c2nc(-c3ccc(-c4ccc(OC5COC6CCOC65)nc4)nc3)n[nH]2)c1. The minimum atomic E-state index is -4.43. The van der Waals surface area contributed by atoms with Crippen molar-refractivity contribution in [1.29, 1.82) is 0 Å². The molecule has 0 bridgehead atoms. The summed E-state index contributed by atoms with van der Waals surface area (Å²) in [7, 11) is 0. The summed E-state index contributed by atoms with van der Waals surface area (Å²) in [6.07, 6.45) is -0.386. The van der Waals surface area contributed by atoms with E-state index in [0.717, 1.165) is 24.1 Å². The molecular formula is C25H20F3N5O3. The number of nitrogens with zero attached hydrogens (tertiary/aromatic N) is 4. The van der Waals surface area contributed by atoms with Gasteiger partial charge < -0.3 is 14.2 Å². The Balaban J connectivity index is 1.14. The van der Waals surface area contributed by atoms with E-state index in [1.807, 2.05) is 6.07 Å². The molecule has 8 nitrogen and oxygen atoms in total. The molecule has 0 radical (unpaired) electrons. The number of nitrogens with one attached hydrogen (secondary N) is 1. The fourth-order valence-corrected chi connectivity index (χ4v) is 4.35. The van der Waals surface area contributed by atoms with Gasteiger partial charge in [-0.2, -0.15) is 18.3 Å². The largest absolute Gasteiger partial charge is 0.469 e. The van der Waals surface area contributed by atoms with Gasteiger partial charge >= 0.3 is 6.18 Å². The van der Waals surface area contributed by atoms with E-state index >= 15 is 0 Å². The first kappa shape index (κ1) is 22.6. The molecule has 0 saturated carbocycles. The standard InChI is InChI=1S/C25H20F3N5O3/c26-25(27,28)17-3-1-2-14(10-17)23-31-24(33-32-23)16-4-6-18(29-12-16)15-5-7-21(30-11-15)36-20-13-35-19-8-9-34-22(19)20/h1-7,10-12,19-20,22H,8-9,13H2,(H,31,32,33). The number of hydrogen-bond donors (Lipinski definition) is 1. The average molecular weight is 495 g/mol. The van der Waals surface area contributed by atoms with Crippen LogP contribution in [0.2, 0.25) is 0 Å². The summed E-state index contributed by atoms with van der Waals surface area (Å²) in [5.74, 6) is 1.06. The number of aromatic nitrogens is 5. The summed E-state index contributed by atoms with van der Waals surface area (Å²) in [6, 6.07) is 12.2. The van der Waals surface area contributed by atoms with Crippen molar-refractivity contribution in [2.24, 2.45) is 0 Å². The van der Waals surface area contributed by atoms with Crippen molar-refractivity contribution in [3.05, 3.63) is 66.5 Å². The van der Waals surface area contributed by atoms with Crippen LogP contribution in [0.1, 0.15) is 12.0 Å². The van der Waals surface area contributed by atoms with Crippen molar-refractivity contribution in [2.75, 3.05) is 13.2 Å². The van der Waals surface area contributed by atoms with E-state index in [0.29, 0.717) is 41.7 Å². The van der Waals surface area contributed by atoms with Gasteiger partial charge in [-0.05, 0) is 36.8 Å². The Morgan fingerprint density at radius 1 is 0.944 bits per heavy atom. The molecule has 1 aromatic carbocycles. The molecule has 3 atom stereocenters. The Bertz CT molecular complexity index is 1360. The first-order chi connectivity index (χ1) is 17.4. The van der Waals surface area contributed by atoms with Crippen molar-refractivity contribution in [3.8, 4) is 39.9 Å². The number of rotatable bonds is 5. The van der Waals surface area contributed by atoms with E-state index in [1.54, 1.807) is 36.7 Å². The topological polar surface area (TPSA) is 95.0 Å². The molecule has 4 aromatic rings. The Kier molecular flexibility index (Phi) is 5.65. The molecule has 6 rings (SSSR count). The van der Waals surface area contributed by atoms with Crippen LogP contribution in [0.4, 0.5) is 13.2 Å². The molecule has 0 spiro atoms. The van der Waals surface area contributed by atoms with E-state index in [1.165, 1.54) is 6.07 Å². The van der Waals surface area contributed by atoms with Crippen molar-refractivity contribution < 1.29 is 27.4 Å². The Morgan fingerprint density at radius 3 is 2.58 bits per heavy atom. The van der Waals surface area contributed by atoms with Gasteiger partial charge in [-0.3, -0.25) is 10.1 Å². The monoisotopic (exact) mass is 495 g/mol. The first-order valence-electron chi connectivity index (χ1n) is 11.4. The van der Waals surface area contributed by atoms with Gasteiger partial charge in [0.2, 0.25) is 5.88 Å². The second kappa shape index (κ2) is 8.99. The van der Waals surface area contributed by atoms with Gasteiger partial charge in [-0.1, -0.05) is 12.1 Å². The minimum Gasteiger partial charge on any atom is -0.469 e. The molecular weight excluding hydrogens is 475 g/mol.